The van der Waals surface area contributed by atoms with Gasteiger partial charge >= 0.3 is 0 Å². The molecule has 4 nitrogen and oxygen atoms in total. The molecule has 2 unspecified atom stereocenters. The third-order valence-corrected chi connectivity index (χ3v) is 3.98. The van der Waals surface area contributed by atoms with E-state index >= 15 is 0 Å². The Balaban J connectivity index is 1.99. The number of nitrogens with zero attached hydrogens (tertiary/aromatic N) is 2. The molecule has 2 atom stereocenters. The van der Waals surface area contributed by atoms with E-state index in [1.807, 2.05) is 0 Å². The van der Waals surface area contributed by atoms with Crippen molar-refractivity contribution in [1.82, 2.24) is 15.5 Å². The number of aryl methyl sites for hydroxylation is 1. The van der Waals surface area contributed by atoms with Gasteiger partial charge in [-0.3, -0.25) is 0 Å². The van der Waals surface area contributed by atoms with Gasteiger partial charge in [0.05, 0.1) is 5.92 Å². The van der Waals surface area contributed by atoms with E-state index in [1.165, 1.54) is 25.7 Å². The molecule has 4 heteroatoms. The quantitative estimate of drug-likeness (QED) is 0.857. The van der Waals surface area contributed by atoms with Crippen molar-refractivity contribution >= 4 is 0 Å². The van der Waals surface area contributed by atoms with Gasteiger partial charge in [-0.05, 0) is 31.7 Å². The second-order valence-electron chi connectivity index (χ2n) is 6.04. The first-order chi connectivity index (χ1) is 9.20. The van der Waals surface area contributed by atoms with Crippen molar-refractivity contribution in [3.05, 3.63) is 11.7 Å². The van der Waals surface area contributed by atoms with Gasteiger partial charge in [-0.2, -0.15) is 4.98 Å². The van der Waals surface area contributed by atoms with Gasteiger partial charge in [-0.25, -0.2) is 0 Å². The second-order valence-corrected chi connectivity index (χ2v) is 6.04. The van der Waals surface area contributed by atoms with Crippen molar-refractivity contribution in [3.63, 3.8) is 0 Å². The highest BCUT2D eigenvalue weighted by atomic mass is 16.5. The van der Waals surface area contributed by atoms with Crippen LogP contribution >= 0.6 is 0 Å². The van der Waals surface area contributed by atoms with Gasteiger partial charge < -0.3 is 9.84 Å². The van der Waals surface area contributed by atoms with Crippen LogP contribution in [-0.2, 0) is 6.42 Å². The summed E-state index contributed by atoms with van der Waals surface area (Å²) in [4.78, 5) is 4.62. The average molecular weight is 265 g/mol. The van der Waals surface area contributed by atoms with E-state index in [4.69, 9.17) is 4.52 Å². The Labute approximate surface area is 116 Å². The molecule has 1 aromatic heterocycles. The lowest BCUT2D eigenvalue weighted by Crippen LogP contribution is -2.37. The molecule has 1 saturated carbocycles. The minimum Gasteiger partial charge on any atom is -0.339 e. The van der Waals surface area contributed by atoms with E-state index in [0.717, 1.165) is 31.1 Å². The van der Waals surface area contributed by atoms with Crippen molar-refractivity contribution in [1.29, 1.82) is 0 Å². The molecular weight excluding hydrogens is 238 g/mol. The van der Waals surface area contributed by atoms with E-state index in [-0.39, 0.29) is 0 Å². The van der Waals surface area contributed by atoms with Crippen LogP contribution in [0.4, 0.5) is 0 Å². The number of likely N-dealkylation sites (N-methyl/N-ethyl adjacent to an activating group) is 1. The molecule has 0 saturated heterocycles. The highest BCUT2D eigenvalue weighted by molar-refractivity contribution is 5.01. The van der Waals surface area contributed by atoms with E-state index in [0.29, 0.717) is 17.9 Å². The Morgan fingerprint density at radius 1 is 1.32 bits per heavy atom. The molecule has 1 aliphatic carbocycles. The minimum atomic E-state index is 0.411. The number of aromatic nitrogens is 2. The molecule has 1 fully saturated rings. The molecule has 1 aliphatic rings. The molecule has 0 aliphatic heterocycles. The molecule has 0 aromatic carbocycles. The number of rotatable bonds is 6. The van der Waals surface area contributed by atoms with Crippen molar-refractivity contribution in [2.45, 2.75) is 71.3 Å². The summed E-state index contributed by atoms with van der Waals surface area (Å²) < 4.78 is 5.51. The SMILES string of the molecule is CCNC1CCCCC1c1nc(CCC(C)C)no1. The van der Waals surface area contributed by atoms with Crippen LogP contribution in [0.3, 0.4) is 0 Å². The minimum absolute atomic E-state index is 0.411. The summed E-state index contributed by atoms with van der Waals surface area (Å²) in [6.45, 7) is 7.62. The molecule has 19 heavy (non-hydrogen) atoms. The maximum Gasteiger partial charge on any atom is 0.231 e. The summed E-state index contributed by atoms with van der Waals surface area (Å²) in [5.74, 6) is 2.83. The molecule has 1 N–H and O–H groups in total. The summed E-state index contributed by atoms with van der Waals surface area (Å²) in [6.07, 6.45) is 7.03. The smallest absolute Gasteiger partial charge is 0.231 e. The van der Waals surface area contributed by atoms with Crippen LogP contribution in [0.5, 0.6) is 0 Å². The van der Waals surface area contributed by atoms with Gasteiger partial charge in [0.15, 0.2) is 5.82 Å². The van der Waals surface area contributed by atoms with Crippen molar-refractivity contribution in [2.24, 2.45) is 5.92 Å². The molecule has 0 spiro atoms. The average Bonchev–Trinajstić information content (AvgIpc) is 2.86. The Morgan fingerprint density at radius 3 is 2.84 bits per heavy atom. The van der Waals surface area contributed by atoms with Crippen LogP contribution in [-0.4, -0.2) is 22.7 Å². The zero-order valence-electron chi connectivity index (χ0n) is 12.5. The molecule has 108 valence electrons. The fourth-order valence-corrected chi connectivity index (χ4v) is 2.87. The maximum absolute atomic E-state index is 5.51. The maximum atomic E-state index is 5.51. The fraction of sp³-hybridized carbons (Fsp3) is 0.867. The van der Waals surface area contributed by atoms with E-state index in [9.17, 15) is 0 Å². The molecule has 2 rings (SSSR count). The predicted octanol–water partition coefficient (Wildman–Crippen LogP) is 3.29. The Morgan fingerprint density at radius 2 is 2.11 bits per heavy atom. The lowest BCUT2D eigenvalue weighted by Gasteiger charge is -2.29. The largest absolute Gasteiger partial charge is 0.339 e. The third-order valence-electron chi connectivity index (χ3n) is 3.98. The lowest BCUT2D eigenvalue weighted by atomic mass is 9.84. The summed E-state index contributed by atoms with van der Waals surface area (Å²) in [7, 11) is 0. The van der Waals surface area contributed by atoms with Crippen LogP contribution in [0.25, 0.3) is 0 Å². The van der Waals surface area contributed by atoms with Crippen molar-refractivity contribution in [2.75, 3.05) is 6.54 Å². The van der Waals surface area contributed by atoms with Crippen LogP contribution in [0, 0.1) is 5.92 Å². The summed E-state index contributed by atoms with van der Waals surface area (Å²) in [5, 5.41) is 7.71. The first kappa shape index (κ1) is 14.5. The molecule has 0 amide bonds. The van der Waals surface area contributed by atoms with Crippen LogP contribution < -0.4 is 5.32 Å². The van der Waals surface area contributed by atoms with Crippen molar-refractivity contribution < 1.29 is 4.52 Å². The predicted molar refractivity (Wildman–Crippen MR) is 76.1 cm³/mol. The standard InChI is InChI=1S/C15H27N3O/c1-4-16-13-8-6-5-7-12(13)15-17-14(18-19-15)10-9-11(2)3/h11-13,16H,4-10H2,1-3H3. The van der Waals surface area contributed by atoms with Gasteiger partial charge in [0.2, 0.25) is 5.89 Å². The van der Waals surface area contributed by atoms with Crippen LogP contribution in [0.15, 0.2) is 4.52 Å². The number of hydrogen-bond acceptors (Lipinski definition) is 4. The van der Waals surface area contributed by atoms with Crippen molar-refractivity contribution in [3.8, 4) is 0 Å². The van der Waals surface area contributed by atoms with Gasteiger partial charge in [0.1, 0.15) is 0 Å². The highest BCUT2D eigenvalue weighted by Crippen LogP contribution is 2.32. The Bertz CT molecular complexity index is 373. The first-order valence-electron chi connectivity index (χ1n) is 7.76. The summed E-state index contributed by atoms with van der Waals surface area (Å²) >= 11 is 0. The van der Waals surface area contributed by atoms with Gasteiger partial charge in [-0.15, -0.1) is 0 Å². The van der Waals surface area contributed by atoms with Gasteiger partial charge in [0, 0.05) is 12.5 Å². The Hall–Kier alpha value is -0.900. The lowest BCUT2D eigenvalue weighted by molar-refractivity contribution is 0.264. The number of nitrogens with one attached hydrogen (secondary N) is 1. The van der Waals surface area contributed by atoms with E-state index < -0.39 is 0 Å². The summed E-state index contributed by atoms with van der Waals surface area (Å²) in [5.41, 5.74) is 0. The molecule has 0 bridgehead atoms. The topological polar surface area (TPSA) is 51.0 Å². The zero-order valence-corrected chi connectivity index (χ0v) is 12.5. The molecule has 0 radical (unpaired) electrons. The monoisotopic (exact) mass is 265 g/mol. The van der Waals surface area contributed by atoms with Crippen LogP contribution in [0.2, 0.25) is 0 Å². The van der Waals surface area contributed by atoms with Gasteiger partial charge in [-0.1, -0.05) is 38.8 Å². The first-order valence-corrected chi connectivity index (χ1v) is 7.76. The molecule has 1 heterocycles. The van der Waals surface area contributed by atoms with E-state index in [1.54, 1.807) is 0 Å². The normalized spacial score (nSPS) is 24.0. The highest BCUT2D eigenvalue weighted by Gasteiger charge is 2.30. The number of hydrogen-bond donors (Lipinski definition) is 1. The van der Waals surface area contributed by atoms with E-state index in [2.05, 4.69) is 36.2 Å². The van der Waals surface area contributed by atoms with Gasteiger partial charge in [0.25, 0.3) is 0 Å². The molecule has 1 aromatic rings. The third kappa shape index (κ3) is 4.03. The summed E-state index contributed by atoms with van der Waals surface area (Å²) in [6, 6.07) is 0.511. The molecular formula is C15H27N3O. The Kier molecular flexibility index (Phi) is 5.37. The second kappa shape index (κ2) is 7.04. The van der Waals surface area contributed by atoms with Crippen LogP contribution in [0.1, 0.15) is 70.5 Å². The fourth-order valence-electron chi connectivity index (χ4n) is 2.87. The zero-order chi connectivity index (χ0) is 13.7.